The number of hydrogen-bond donors (Lipinski definition) is 0. The zero-order chi connectivity index (χ0) is 16.4. The van der Waals surface area contributed by atoms with Crippen molar-refractivity contribution in [1.29, 1.82) is 0 Å². The topological polar surface area (TPSA) is 47.4 Å². The first-order chi connectivity index (χ1) is 11.1. The average molecular weight is 334 g/mol. The second kappa shape index (κ2) is 6.72. The van der Waals surface area contributed by atoms with Crippen molar-refractivity contribution in [3.63, 3.8) is 0 Å². The Morgan fingerprint density at radius 1 is 1.52 bits per heavy atom. The van der Waals surface area contributed by atoms with Gasteiger partial charge >= 0.3 is 0 Å². The number of aromatic nitrogens is 2. The molecule has 1 amide bonds. The van der Waals surface area contributed by atoms with E-state index in [1.807, 2.05) is 19.1 Å². The number of rotatable bonds is 4. The molecule has 0 aliphatic carbocycles. The molecule has 0 radical (unpaired) electrons. The average Bonchev–Trinajstić information content (AvgIpc) is 3.00. The van der Waals surface area contributed by atoms with E-state index in [1.54, 1.807) is 22.8 Å². The van der Waals surface area contributed by atoms with Crippen LogP contribution in [0, 0.1) is 0 Å². The van der Waals surface area contributed by atoms with Crippen LogP contribution in [-0.4, -0.2) is 40.8 Å². The highest BCUT2D eigenvalue weighted by Crippen LogP contribution is 2.28. The predicted molar refractivity (Wildman–Crippen MR) is 88.4 cm³/mol. The molecule has 0 bridgehead atoms. The molecule has 122 valence electrons. The summed E-state index contributed by atoms with van der Waals surface area (Å²) in [6.07, 6.45) is 4.03. The molecule has 0 spiro atoms. The fourth-order valence-corrected chi connectivity index (χ4v) is 3.07. The molecule has 1 aromatic carbocycles. The Bertz CT molecular complexity index is 701. The van der Waals surface area contributed by atoms with Crippen LogP contribution >= 0.6 is 11.6 Å². The number of hydrogen-bond acceptors (Lipinski definition) is 3. The lowest BCUT2D eigenvalue weighted by molar-refractivity contribution is -0.135. The Hall–Kier alpha value is -1.85. The van der Waals surface area contributed by atoms with Crippen molar-refractivity contribution < 1.29 is 9.53 Å². The van der Waals surface area contributed by atoms with Crippen LogP contribution in [0.25, 0.3) is 0 Å². The van der Waals surface area contributed by atoms with Crippen LogP contribution < -0.4 is 0 Å². The minimum Gasteiger partial charge on any atom is -0.371 e. The third-order valence-electron chi connectivity index (χ3n) is 4.23. The maximum atomic E-state index is 12.6. The third-order valence-corrected chi connectivity index (χ3v) is 4.43. The lowest BCUT2D eigenvalue weighted by atomic mass is 9.97. The first kappa shape index (κ1) is 16.0. The van der Waals surface area contributed by atoms with Crippen molar-refractivity contribution in [2.75, 3.05) is 20.2 Å². The van der Waals surface area contributed by atoms with Crippen molar-refractivity contribution in [3.05, 3.63) is 52.8 Å². The highest BCUT2D eigenvalue weighted by Gasteiger charge is 2.26. The summed E-state index contributed by atoms with van der Waals surface area (Å²) >= 11 is 5.87. The number of benzene rings is 1. The van der Waals surface area contributed by atoms with Gasteiger partial charge in [-0.1, -0.05) is 35.9 Å². The minimum atomic E-state index is -0.397. The van der Waals surface area contributed by atoms with Crippen molar-refractivity contribution in [3.8, 4) is 0 Å². The van der Waals surface area contributed by atoms with Gasteiger partial charge < -0.3 is 9.64 Å². The summed E-state index contributed by atoms with van der Waals surface area (Å²) in [6.45, 7) is 3.03. The van der Waals surface area contributed by atoms with Crippen LogP contribution in [0.1, 0.15) is 30.2 Å². The van der Waals surface area contributed by atoms with Gasteiger partial charge in [-0.3, -0.25) is 9.48 Å². The number of ether oxygens (including phenoxy) is 1. The van der Waals surface area contributed by atoms with Crippen LogP contribution in [0.15, 0.2) is 36.7 Å². The molecule has 0 N–H and O–H groups in total. The molecule has 5 nitrogen and oxygen atoms in total. The maximum absolute atomic E-state index is 12.6. The van der Waals surface area contributed by atoms with Gasteiger partial charge in [-0.05, 0) is 24.5 Å². The highest BCUT2D eigenvalue weighted by molar-refractivity contribution is 6.30. The predicted octanol–water partition coefficient (Wildman–Crippen LogP) is 2.87. The van der Waals surface area contributed by atoms with Gasteiger partial charge in [-0.15, -0.1) is 0 Å². The fraction of sp³-hybridized carbons (Fsp3) is 0.412. The number of likely N-dealkylation sites (N-methyl/N-ethyl adjacent to an activating group) is 1. The summed E-state index contributed by atoms with van der Waals surface area (Å²) in [5, 5.41) is 4.63. The van der Waals surface area contributed by atoms with Gasteiger partial charge in [0.15, 0.2) is 0 Å². The number of carbonyl (C=O) groups is 1. The van der Waals surface area contributed by atoms with E-state index < -0.39 is 6.04 Å². The molecular weight excluding hydrogens is 314 g/mol. The maximum Gasteiger partial charge on any atom is 0.246 e. The van der Waals surface area contributed by atoms with Crippen molar-refractivity contribution in [1.82, 2.24) is 14.7 Å². The number of nitrogens with zero attached hydrogens (tertiary/aromatic N) is 3. The molecule has 3 rings (SSSR count). The Kier molecular flexibility index (Phi) is 4.68. The lowest BCUT2D eigenvalue weighted by Gasteiger charge is -2.30. The third kappa shape index (κ3) is 3.41. The largest absolute Gasteiger partial charge is 0.371 e. The van der Waals surface area contributed by atoms with Crippen molar-refractivity contribution >= 4 is 17.5 Å². The molecule has 6 heteroatoms. The van der Waals surface area contributed by atoms with E-state index in [4.69, 9.17) is 16.3 Å². The van der Waals surface area contributed by atoms with E-state index in [-0.39, 0.29) is 12.0 Å². The van der Waals surface area contributed by atoms with Crippen LogP contribution in [0.4, 0.5) is 0 Å². The van der Waals surface area contributed by atoms with E-state index in [2.05, 4.69) is 17.2 Å². The summed E-state index contributed by atoms with van der Waals surface area (Å²) in [4.78, 5) is 14.3. The molecule has 1 aliphatic rings. The summed E-state index contributed by atoms with van der Waals surface area (Å²) < 4.78 is 7.46. The first-order valence-electron chi connectivity index (χ1n) is 7.70. The molecule has 1 aliphatic heterocycles. The van der Waals surface area contributed by atoms with E-state index >= 15 is 0 Å². The second-order valence-electron chi connectivity index (χ2n) is 5.84. The van der Waals surface area contributed by atoms with Crippen molar-refractivity contribution in [2.24, 2.45) is 0 Å². The van der Waals surface area contributed by atoms with Gasteiger partial charge in [-0.2, -0.15) is 5.10 Å². The van der Waals surface area contributed by atoms with Crippen LogP contribution in [0.5, 0.6) is 0 Å². The first-order valence-corrected chi connectivity index (χ1v) is 8.08. The molecule has 0 saturated heterocycles. The molecule has 1 aromatic heterocycles. The molecule has 2 heterocycles. The van der Waals surface area contributed by atoms with Gasteiger partial charge in [-0.25, -0.2) is 0 Å². The summed E-state index contributed by atoms with van der Waals surface area (Å²) in [5.74, 6) is -0.0172. The molecular formula is C17H20ClN3O2. The molecule has 0 unspecified atom stereocenters. The SMILES string of the molecule is C[C@@H](C(=O)N(C)C[C@H]1OCCc2ccccc21)n1cc(Cl)cn1. The summed E-state index contributed by atoms with van der Waals surface area (Å²) in [6, 6.07) is 7.86. The smallest absolute Gasteiger partial charge is 0.246 e. The molecule has 2 atom stereocenters. The second-order valence-corrected chi connectivity index (χ2v) is 6.28. The number of halogens is 1. The zero-order valence-corrected chi connectivity index (χ0v) is 14.0. The van der Waals surface area contributed by atoms with Crippen molar-refractivity contribution in [2.45, 2.75) is 25.5 Å². The van der Waals surface area contributed by atoms with Crippen LogP contribution in [0.3, 0.4) is 0 Å². The zero-order valence-electron chi connectivity index (χ0n) is 13.3. The molecule has 2 aromatic rings. The van der Waals surface area contributed by atoms with Gasteiger partial charge in [0.05, 0.1) is 24.4 Å². The molecule has 0 fully saturated rings. The van der Waals surface area contributed by atoms with Crippen LogP contribution in [0.2, 0.25) is 5.02 Å². The number of carbonyl (C=O) groups excluding carboxylic acids is 1. The van der Waals surface area contributed by atoms with Crippen LogP contribution in [-0.2, 0) is 16.0 Å². The Morgan fingerprint density at radius 3 is 3.04 bits per heavy atom. The van der Waals surface area contributed by atoms with Gasteiger partial charge in [0, 0.05) is 13.2 Å². The van der Waals surface area contributed by atoms with E-state index in [1.165, 1.54) is 17.3 Å². The Morgan fingerprint density at radius 2 is 2.30 bits per heavy atom. The van der Waals surface area contributed by atoms with Gasteiger partial charge in [0.1, 0.15) is 12.1 Å². The van der Waals surface area contributed by atoms with E-state index in [0.717, 1.165) is 6.42 Å². The monoisotopic (exact) mass is 333 g/mol. The normalized spacial score (nSPS) is 18.3. The number of amides is 1. The Labute approximate surface area is 140 Å². The Balaban J connectivity index is 1.70. The van der Waals surface area contributed by atoms with E-state index in [0.29, 0.717) is 18.2 Å². The van der Waals surface area contributed by atoms with Gasteiger partial charge in [0.25, 0.3) is 0 Å². The summed E-state index contributed by atoms with van der Waals surface area (Å²) in [7, 11) is 1.80. The summed E-state index contributed by atoms with van der Waals surface area (Å²) in [5.41, 5.74) is 2.48. The number of fused-ring (bicyclic) bond motifs is 1. The lowest BCUT2D eigenvalue weighted by Crippen LogP contribution is -2.37. The quantitative estimate of drug-likeness (QED) is 0.864. The highest BCUT2D eigenvalue weighted by atomic mass is 35.5. The molecule has 23 heavy (non-hydrogen) atoms. The molecule has 0 saturated carbocycles. The van der Waals surface area contributed by atoms with Gasteiger partial charge in [0.2, 0.25) is 5.91 Å². The minimum absolute atomic E-state index is 0.0172. The standard InChI is InChI=1S/C17H20ClN3O2/c1-12(21-10-14(18)9-19-21)17(22)20(2)11-16-15-6-4-3-5-13(15)7-8-23-16/h3-6,9-10,12,16H,7-8,11H2,1-2H3/t12-,16+/m0/s1. The fourth-order valence-electron chi connectivity index (χ4n) is 2.93. The van der Waals surface area contributed by atoms with E-state index in [9.17, 15) is 4.79 Å².